The highest BCUT2D eigenvalue weighted by atomic mass is 16.2. The summed E-state index contributed by atoms with van der Waals surface area (Å²) in [6, 6.07) is 17.6. The van der Waals surface area contributed by atoms with Crippen molar-refractivity contribution in [2.45, 2.75) is 20.4 Å². The van der Waals surface area contributed by atoms with Crippen molar-refractivity contribution >= 4 is 22.6 Å². The maximum Gasteiger partial charge on any atom is 0.270 e. The van der Waals surface area contributed by atoms with E-state index in [4.69, 9.17) is 0 Å². The summed E-state index contributed by atoms with van der Waals surface area (Å²) in [7, 11) is 0. The Labute approximate surface area is 172 Å². The molecule has 0 radical (unpaired) electrons. The number of carbonyl (C=O) groups is 2. The van der Waals surface area contributed by atoms with Crippen LogP contribution in [0.1, 0.15) is 32.1 Å². The predicted octanol–water partition coefficient (Wildman–Crippen LogP) is 3.08. The summed E-state index contributed by atoms with van der Waals surface area (Å²) < 4.78 is 2.89. The molecule has 7 nitrogen and oxygen atoms in total. The maximum atomic E-state index is 12.9. The number of benzene rings is 2. The van der Waals surface area contributed by atoms with Crippen LogP contribution < -0.4 is 11.0 Å². The van der Waals surface area contributed by atoms with Crippen LogP contribution in [0.5, 0.6) is 0 Å². The first-order valence-electron chi connectivity index (χ1n) is 9.48. The minimum atomic E-state index is -0.272. The normalized spacial score (nSPS) is 10.9. The van der Waals surface area contributed by atoms with Crippen molar-refractivity contribution in [1.29, 1.82) is 0 Å². The molecule has 0 saturated carbocycles. The molecule has 0 aliphatic heterocycles. The molecule has 4 aromatic rings. The first-order valence-corrected chi connectivity index (χ1v) is 9.48. The largest absolute Gasteiger partial charge is 0.292 e. The minimum absolute atomic E-state index is 0.131. The van der Waals surface area contributed by atoms with E-state index in [0.717, 1.165) is 0 Å². The number of amides is 1. The molecule has 30 heavy (non-hydrogen) atoms. The second-order valence-electron chi connectivity index (χ2n) is 7.05. The lowest BCUT2D eigenvalue weighted by molar-refractivity contribution is 0.0966. The van der Waals surface area contributed by atoms with E-state index in [9.17, 15) is 14.4 Å². The van der Waals surface area contributed by atoms with Crippen molar-refractivity contribution in [3.8, 4) is 0 Å². The lowest BCUT2D eigenvalue weighted by Crippen LogP contribution is -2.26. The number of aromatic nitrogens is 3. The van der Waals surface area contributed by atoms with Gasteiger partial charge in [-0.15, -0.1) is 0 Å². The molecule has 2 heterocycles. The van der Waals surface area contributed by atoms with Crippen molar-refractivity contribution in [2.24, 2.45) is 0 Å². The fraction of sp³-hybridized carbons (Fsp3) is 0.130. The van der Waals surface area contributed by atoms with Crippen molar-refractivity contribution in [1.82, 2.24) is 14.2 Å². The molecule has 1 N–H and O–H groups in total. The van der Waals surface area contributed by atoms with Gasteiger partial charge in [0.15, 0.2) is 5.78 Å². The quantitative estimate of drug-likeness (QED) is 0.522. The smallest absolute Gasteiger partial charge is 0.270 e. The molecule has 1 amide bonds. The Morgan fingerprint density at radius 2 is 1.70 bits per heavy atom. The molecular weight excluding hydrogens is 380 g/mol. The molecule has 0 fully saturated rings. The predicted molar refractivity (Wildman–Crippen MR) is 114 cm³/mol. The highest BCUT2D eigenvalue weighted by Crippen LogP contribution is 2.16. The van der Waals surface area contributed by atoms with Crippen LogP contribution in [0.4, 0.5) is 0 Å². The van der Waals surface area contributed by atoms with E-state index in [1.165, 1.54) is 10.9 Å². The summed E-state index contributed by atoms with van der Waals surface area (Å²) in [5.74, 6) is -0.506. The summed E-state index contributed by atoms with van der Waals surface area (Å²) in [4.78, 5) is 42.3. The average molecular weight is 400 g/mol. The molecule has 0 unspecified atom stereocenters. The second-order valence-corrected chi connectivity index (χ2v) is 7.05. The first-order chi connectivity index (χ1) is 14.5. The number of aryl methyl sites for hydroxylation is 1. The van der Waals surface area contributed by atoms with Gasteiger partial charge in [-0.3, -0.25) is 29.1 Å². The van der Waals surface area contributed by atoms with E-state index in [-0.39, 0.29) is 23.8 Å². The number of fused-ring (bicyclic) bond motifs is 1. The van der Waals surface area contributed by atoms with Crippen LogP contribution in [0, 0.1) is 13.8 Å². The van der Waals surface area contributed by atoms with Crippen molar-refractivity contribution in [3.63, 3.8) is 0 Å². The zero-order valence-corrected chi connectivity index (χ0v) is 16.6. The first kappa shape index (κ1) is 19.3. The minimum Gasteiger partial charge on any atom is -0.292 e. The molecule has 2 aromatic carbocycles. The molecule has 0 bridgehead atoms. The molecule has 7 heteroatoms. The van der Waals surface area contributed by atoms with Crippen LogP contribution in [0.2, 0.25) is 0 Å². The van der Waals surface area contributed by atoms with Crippen LogP contribution in [0.3, 0.4) is 0 Å². The van der Waals surface area contributed by atoms with E-state index in [2.05, 4.69) is 10.4 Å². The van der Waals surface area contributed by atoms with E-state index in [1.54, 1.807) is 67.1 Å². The number of para-hydroxylation sites is 1. The Balaban J connectivity index is 1.60. The molecule has 0 spiro atoms. The Morgan fingerprint density at radius 3 is 2.47 bits per heavy atom. The zero-order chi connectivity index (χ0) is 21.3. The van der Waals surface area contributed by atoms with E-state index < -0.39 is 0 Å². The van der Waals surface area contributed by atoms with Gasteiger partial charge in [-0.25, -0.2) is 4.98 Å². The van der Waals surface area contributed by atoms with Crippen LogP contribution in [-0.2, 0) is 6.54 Å². The van der Waals surface area contributed by atoms with Gasteiger partial charge in [-0.2, -0.15) is 0 Å². The Morgan fingerprint density at radius 1 is 1.00 bits per heavy atom. The number of nitrogens with one attached hydrogen (secondary N) is 1. The number of ketones is 1. The van der Waals surface area contributed by atoms with E-state index in [0.29, 0.717) is 33.4 Å². The zero-order valence-electron chi connectivity index (χ0n) is 16.6. The standard InChI is InChI=1S/C23H20N4O3/c1-15-12-19(16(2)27(15)25-22(29)17-8-4-3-5-9-17)21(28)13-26-14-24-20-11-7-6-10-18(20)23(26)30/h3-12,14H,13H2,1-2H3,(H,25,29). The second kappa shape index (κ2) is 7.79. The summed E-state index contributed by atoms with van der Waals surface area (Å²) >= 11 is 0. The molecule has 0 saturated heterocycles. The fourth-order valence-corrected chi connectivity index (χ4v) is 3.43. The number of nitrogens with zero attached hydrogens (tertiary/aromatic N) is 3. The van der Waals surface area contributed by atoms with Gasteiger partial charge in [-0.1, -0.05) is 30.3 Å². The SMILES string of the molecule is Cc1cc(C(=O)Cn2cnc3ccccc3c2=O)c(C)n1NC(=O)c1ccccc1. The number of hydrogen-bond acceptors (Lipinski definition) is 4. The van der Waals surface area contributed by atoms with Crippen LogP contribution in [0.15, 0.2) is 71.8 Å². The highest BCUT2D eigenvalue weighted by Gasteiger charge is 2.18. The third-order valence-corrected chi connectivity index (χ3v) is 5.03. The van der Waals surface area contributed by atoms with Crippen molar-refractivity contribution in [2.75, 3.05) is 5.43 Å². The third kappa shape index (κ3) is 3.53. The molecule has 0 aliphatic carbocycles. The van der Waals surface area contributed by atoms with E-state index >= 15 is 0 Å². The van der Waals surface area contributed by atoms with Gasteiger partial charge in [0.05, 0.1) is 23.8 Å². The topological polar surface area (TPSA) is 86.0 Å². The Kier molecular flexibility index (Phi) is 5.02. The van der Waals surface area contributed by atoms with Crippen LogP contribution in [0.25, 0.3) is 10.9 Å². The molecule has 2 aromatic heterocycles. The monoisotopic (exact) mass is 400 g/mol. The van der Waals surface area contributed by atoms with Crippen LogP contribution >= 0.6 is 0 Å². The number of carbonyl (C=O) groups excluding carboxylic acids is 2. The van der Waals surface area contributed by atoms with Crippen LogP contribution in [-0.4, -0.2) is 25.9 Å². The van der Waals surface area contributed by atoms with Gasteiger partial charge >= 0.3 is 0 Å². The van der Waals surface area contributed by atoms with Crippen molar-refractivity contribution in [3.05, 3.63) is 99.9 Å². The lowest BCUT2D eigenvalue weighted by Gasteiger charge is -2.12. The Hall–Kier alpha value is -4.00. The average Bonchev–Trinajstić information content (AvgIpc) is 3.05. The van der Waals surface area contributed by atoms with Gasteiger partial charge in [0.2, 0.25) is 0 Å². The summed E-state index contributed by atoms with van der Waals surface area (Å²) in [6.45, 7) is 3.43. The van der Waals surface area contributed by atoms with E-state index in [1.807, 2.05) is 12.1 Å². The molecule has 0 aliphatic rings. The van der Waals surface area contributed by atoms with Gasteiger partial charge in [-0.05, 0) is 44.2 Å². The van der Waals surface area contributed by atoms with Gasteiger partial charge in [0.25, 0.3) is 11.5 Å². The summed E-state index contributed by atoms with van der Waals surface area (Å²) in [5.41, 5.74) is 5.42. The molecule has 0 atom stereocenters. The van der Waals surface area contributed by atoms with Gasteiger partial charge in [0.1, 0.15) is 0 Å². The molecule has 150 valence electrons. The number of hydrogen-bond donors (Lipinski definition) is 1. The van der Waals surface area contributed by atoms with Gasteiger partial charge in [0, 0.05) is 22.5 Å². The van der Waals surface area contributed by atoms with Gasteiger partial charge < -0.3 is 0 Å². The number of rotatable bonds is 5. The molecular formula is C23H20N4O3. The molecule has 4 rings (SSSR count). The third-order valence-electron chi connectivity index (χ3n) is 5.03. The lowest BCUT2D eigenvalue weighted by atomic mass is 10.1. The number of Topliss-reactive ketones (excluding diaryl/α,β-unsaturated/α-hetero) is 1. The van der Waals surface area contributed by atoms with Crippen molar-refractivity contribution < 1.29 is 9.59 Å². The Bertz CT molecular complexity index is 1320. The summed E-state index contributed by atoms with van der Waals surface area (Å²) in [5, 5.41) is 0.466. The highest BCUT2D eigenvalue weighted by molar-refractivity contribution is 6.01. The maximum absolute atomic E-state index is 12.9. The fourth-order valence-electron chi connectivity index (χ4n) is 3.43. The summed E-state index contributed by atoms with van der Waals surface area (Å²) in [6.07, 6.45) is 1.39.